The van der Waals surface area contributed by atoms with Crippen LogP contribution in [0.4, 0.5) is 14.5 Å². The number of carbonyl (C=O) groups is 1. The third-order valence-corrected chi connectivity index (χ3v) is 3.52. The maximum Gasteiger partial charge on any atom is 0.255 e. The number of rotatable bonds is 3. The summed E-state index contributed by atoms with van der Waals surface area (Å²) in [4.78, 5) is 12.3. The Hall–Kier alpha value is -1.86. The third kappa shape index (κ3) is 3.62. The van der Waals surface area contributed by atoms with Crippen molar-refractivity contribution in [3.8, 4) is 0 Å². The van der Waals surface area contributed by atoms with Gasteiger partial charge in [-0.15, -0.1) is 0 Å². The summed E-state index contributed by atoms with van der Waals surface area (Å²) in [6.45, 7) is 0. The van der Waals surface area contributed by atoms with Crippen molar-refractivity contribution in [1.82, 2.24) is 0 Å². The summed E-state index contributed by atoms with van der Waals surface area (Å²) in [6, 6.07) is 8.04. The number of hydrogen-bond donors (Lipinski definition) is 2. The van der Waals surface area contributed by atoms with Gasteiger partial charge in [0.25, 0.3) is 5.91 Å². The monoisotopic (exact) mass is 370 g/mol. The van der Waals surface area contributed by atoms with Crippen LogP contribution < -0.4 is 11.1 Å². The van der Waals surface area contributed by atoms with Crippen molar-refractivity contribution in [1.29, 1.82) is 0 Å². The van der Waals surface area contributed by atoms with E-state index >= 15 is 0 Å². The van der Waals surface area contributed by atoms with E-state index in [-0.39, 0.29) is 20.7 Å². The van der Waals surface area contributed by atoms with Crippen molar-refractivity contribution in [3.63, 3.8) is 0 Å². The average Bonchev–Trinajstić information content (AvgIpc) is 2.42. The summed E-state index contributed by atoms with van der Waals surface area (Å²) >= 11 is 7.83. The molecule has 0 radical (unpaired) electrons. The molecule has 0 heterocycles. The highest BCUT2D eigenvalue weighted by molar-refractivity contribution is 9.10. The molecule has 0 saturated heterocycles. The van der Waals surface area contributed by atoms with E-state index in [1.54, 1.807) is 12.1 Å². The van der Waals surface area contributed by atoms with Crippen molar-refractivity contribution in [2.24, 2.45) is 5.73 Å². The lowest BCUT2D eigenvalue weighted by atomic mass is 10.1. The van der Waals surface area contributed by atoms with Crippen LogP contribution in [0.5, 0.6) is 0 Å². The second kappa shape index (κ2) is 6.28. The molecule has 0 atom stereocenters. The Kier molecular flexibility index (Phi) is 4.64. The predicted octanol–water partition coefficient (Wildman–Crippen LogP) is 3.61. The van der Waals surface area contributed by atoms with Gasteiger partial charge in [-0.2, -0.15) is 0 Å². The molecule has 0 aliphatic rings. The molecule has 0 fully saturated rings. The zero-order valence-corrected chi connectivity index (χ0v) is 12.9. The van der Waals surface area contributed by atoms with Gasteiger partial charge in [-0.1, -0.05) is 24.4 Å². The molecule has 7 heteroatoms. The van der Waals surface area contributed by atoms with Gasteiger partial charge in [0.2, 0.25) is 0 Å². The minimum absolute atomic E-state index is 0.110. The molecule has 2 aromatic carbocycles. The van der Waals surface area contributed by atoms with Gasteiger partial charge >= 0.3 is 0 Å². The first-order chi connectivity index (χ1) is 9.88. The molecule has 0 aromatic heterocycles. The molecule has 1 amide bonds. The largest absolute Gasteiger partial charge is 0.389 e. The third-order valence-electron chi connectivity index (χ3n) is 2.65. The van der Waals surface area contributed by atoms with Crippen molar-refractivity contribution in [2.75, 3.05) is 5.32 Å². The van der Waals surface area contributed by atoms with Crippen LogP contribution in [0, 0.1) is 11.6 Å². The lowest BCUT2D eigenvalue weighted by Gasteiger charge is -2.09. The van der Waals surface area contributed by atoms with Gasteiger partial charge in [-0.25, -0.2) is 8.78 Å². The lowest BCUT2D eigenvalue weighted by molar-refractivity contribution is 0.102. The fourth-order valence-corrected chi connectivity index (χ4v) is 2.30. The minimum atomic E-state index is -0.874. The Bertz CT molecular complexity index is 714. The van der Waals surface area contributed by atoms with Crippen LogP contribution in [0.25, 0.3) is 0 Å². The molecule has 0 spiro atoms. The van der Waals surface area contributed by atoms with Gasteiger partial charge in [0.1, 0.15) is 10.8 Å². The number of anilines is 1. The van der Waals surface area contributed by atoms with E-state index in [9.17, 15) is 13.6 Å². The molecule has 108 valence electrons. The van der Waals surface area contributed by atoms with Crippen LogP contribution in [-0.2, 0) is 0 Å². The number of hydrogen-bond acceptors (Lipinski definition) is 2. The Labute approximate surface area is 133 Å². The van der Waals surface area contributed by atoms with E-state index in [4.69, 9.17) is 18.0 Å². The SMILES string of the molecule is NC(=S)c1cccc(C(=O)Nc2c(F)cc(F)cc2Br)c1. The van der Waals surface area contributed by atoms with Gasteiger partial charge < -0.3 is 11.1 Å². The normalized spacial score (nSPS) is 10.2. The van der Waals surface area contributed by atoms with E-state index in [0.717, 1.165) is 6.07 Å². The Morgan fingerprint density at radius 1 is 1.19 bits per heavy atom. The molecule has 0 bridgehead atoms. The van der Waals surface area contributed by atoms with Crippen molar-refractivity contribution in [2.45, 2.75) is 0 Å². The van der Waals surface area contributed by atoms with Crippen LogP contribution in [0.2, 0.25) is 0 Å². The first-order valence-corrected chi connectivity index (χ1v) is 6.94. The maximum atomic E-state index is 13.7. The molecule has 3 N–H and O–H groups in total. The van der Waals surface area contributed by atoms with Gasteiger partial charge in [0.15, 0.2) is 5.82 Å². The first-order valence-electron chi connectivity index (χ1n) is 5.74. The van der Waals surface area contributed by atoms with Gasteiger partial charge in [-0.3, -0.25) is 4.79 Å². The van der Waals surface area contributed by atoms with Crippen LogP contribution in [0.15, 0.2) is 40.9 Å². The van der Waals surface area contributed by atoms with E-state index in [1.165, 1.54) is 12.1 Å². The number of thiocarbonyl (C=S) groups is 1. The highest BCUT2D eigenvalue weighted by Crippen LogP contribution is 2.27. The maximum absolute atomic E-state index is 13.7. The number of benzene rings is 2. The number of nitrogens with one attached hydrogen (secondary N) is 1. The van der Waals surface area contributed by atoms with Crippen molar-refractivity contribution in [3.05, 3.63) is 63.6 Å². The summed E-state index contributed by atoms with van der Waals surface area (Å²) in [5, 5.41) is 2.38. The fourth-order valence-electron chi connectivity index (χ4n) is 1.66. The standard InChI is InChI=1S/C14H9BrF2N2OS/c15-10-5-9(16)6-11(17)12(10)19-14(20)8-3-1-2-7(4-8)13(18)21/h1-6H,(H2,18,21)(H,19,20). The highest BCUT2D eigenvalue weighted by atomic mass is 79.9. The van der Waals surface area contributed by atoms with E-state index < -0.39 is 17.5 Å². The molecule has 21 heavy (non-hydrogen) atoms. The Morgan fingerprint density at radius 3 is 2.48 bits per heavy atom. The second-order valence-electron chi connectivity index (χ2n) is 4.14. The quantitative estimate of drug-likeness (QED) is 0.811. The molecular formula is C14H9BrF2N2OS. The van der Waals surface area contributed by atoms with Crippen LogP contribution in [0.3, 0.4) is 0 Å². The fraction of sp³-hybridized carbons (Fsp3) is 0. The average molecular weight is 371 g/mol. The molecular weight excluding hydrogens is 362 g/mol. The topological polar surface area (TPSA) is 55.1 Å². The molecule has 3 nitrogen and oxygen atoms in total. The molecule has 0 saturated carbocycles. The Morgan fingerprint density at radius 2 is 1.86 bits per heavy atom. The highest BCUT2D eigenvalue weighted by Gasteiger charge is 2.14. The number of carbonyl (C=O) groups excluding carboxylic acids is 1. The van der Waals surface area contributed by atoms with Crippen LogP contribution in [0.1, 0.15) is 15.9 Å². The van der Waals surface area contributed by atoms with Gasteiger partial charge in [-0.05, 0) is 34.1 Å². The van der Waals surface area contributed by atoms with E-state index in [1.807, 2.05) is 0 Å². The number of halogens is 3. The molecule has 0 aliphatic heterocycles. The van der Waals surface area contributed by atoms with E-state index in [0.29, 0.717) is 11.6 Å². The summed E-state index contributed by atoms with van der Waals surface area (Å²) in [6.07, 6.45) is 0. The minimum Gasteiger partial charge on any atom is -0.389 e. The lowest BCUT2D eigenvalue weighted by Crippen LogP contribution is -2.16. The van der Waals surface area contributed by atoms with Crippen molar-refractivity contribution >= 4 is 44.7 Å². The summed E-state index contributed by atoms with van der Waals surface area (Å²) in [5.74, 6) is -2.17. The van der Waals surface area contributed by atoms with Crippen LogP contribution >= 0.6 is 28.1 Å². The molecule has 2 rings (SSSR count). The summed E-state index contributed by atoms with van der Waals surface area (Å²) in [5.41, 5.74) is 6.14. The Balaban J connectivity index is 2.30. The zero-order chi connectivity index (χ0) is 15.6. The molecule has 0 unspecified atom stereocenters. The smallest absolute Gasteiger partial charge is 0.255 e. The predicted molar refractivity (Wildman–Crippen MR) is 84.3 cm³/mol. The van der Waals surface area contributed by atoms with E-state index in [2.05, 4.69) is 21.2 Å². The molecule has 0 aliphatic carbocycles. The molecule has 2 aromatic rings. The second-order valence-corrected chi connectivity index (χ2v) is 5.44. The first kappa shape index (κ1) is 15.5. The van der Waals surface area contributed by atoms with Gasteiger partial charge in [0, 0.05) is 21.7 Å². The summed E-state index contributed by atoms with van der Waals surface area (Å²) < 4.78 is 26.8. The van der Waals surface area contributed by atoms with Gasteiger partial charge in [0.05, 0.1) is 5.69 Å². The zero-order valence-electron chi connectivity index (χ0n) is 10.5. The number of nitrogens with two attached hydrogens (primary N) is 1. The number of amides is 1. The van der Waals surface area contributed by atoms with Crippen LogP contribution in [-0.4, -0.2) is 10.9 Å². The summed E-state index contributed by atoms with van der Waals surface area (Å²) in [7, 11) is 0. The van der Waals surface area contributed by atoms with Crippen molar-refractivity contribution < 1.29 is 13.6 Å².